The van der Waals surface area contributed by atoms with Crippen molar-refractivity contribution in [3.8, 4) is 5.75 Å². The van der Waals surface area contributed by atoms with Crippen molar-refractivity contribution in [2.75, 3.05) is 5.32 Å². The Hall–Kier alpha value is -2.68. The first-order valence-electron chi connectivity index (χ1n) is 5.42. The molecule has 9 heteroatoms. The molecule has 0 saturated heterocycles. The number of hydrogen-bond acceptors (Lipinski definition) is 7. The SMILES string of the molecule is O=[N+]([O-])c1ccc(CNc2ccc(O)cc2[N+](=O)[O-])s1. The normalized spacial score (nSPS) is 10.2. The number of nitrogens with zero attached hydrogens (tertiary/aromatic N) is 2. The van der Waals surface area contributed by atoms with Gasteiger partial charge in [0.05, 0.1) is 15.9 Å². The second-order valence-corrected chi connectivity index (χ2v) is 4.96. The summed E-state index contributed by atoms with van der Waals surface area (Å²) >= 11 is 0.997. The van der Waals surface area contributed by atoms with Crippen molar-refractivity contribution in [2.24, 2.45) is 0 Å². The molecule has 0 radical (unpaired) electrons. The van der Waals surface area contributed by atoms with Crippen LogP contribution in [0.4, 0.5) is 16.4 Å². The highest BCUT2D eigenvalue weighted by Gasteiger charge is 2.15. The third-order valence-corrected chi connectivity index (χ3v) is 3.50. The summed E-state index contributed by atoms with van der Waals surface area (Å²) in [6.07, 6.45) is 0. The van der Waals surface area contributed by atoms with Crippen molar-refractivity contribution >= 4 is 27.7 Å². The molecule has 0 saturated carbocycles. The van der Waals surface area contributed by atoms with E-state index in [1.807, 2.05) is 0 Å². The van der Waals surface area contributed by atoms with Gasteiger partial charge in [-0.25, -0.2) is 0 Å². The lowest BCUT2D eigenvalue weighted by Crippen LogP contribution is -2.01. The minimum atomic E-state index is -0.612. The first kappa shape index (κ1) is 13.7. The van der Waals surface area contributed by atoms with Gasteiger partial charge in [0.25, 0.3) is 5.69 Å². The van der Waals surface area contributed by atoms with Crippen molar-refractivity contribution < 1.29 is 15.0 Å². The summed E-state index contributed by atoms with van der Waals surface area (Å²) in [6, 6.07) is 6.72. The molecule has 0 amide bonds. The standard InChI is InChI=1S/C11H9N3O5S/c15-7-1-3-9(10(5-7)13(16)17)12-6-8-2-4-11(20-8)14(18)19/h1-5,12,15H,6H2. The maximum Gasteiger partial charge on any atom is 0.324 e. The Kier molecular flexibility index (Phi) is 3.80. The van der Waals surface area contributed by atoms with Crippen LogP contribution in [0.3, 0.4) is 0 Å². The minimum Gasteiger partial charge on any atom is -0.508 e. The Labute approximate surface area is 116 Å². The lowest BCUT2D eigenvalue weighted by molar-refractivity contribution is -0.384. The molecule has 20 heavy (non-hydrogen) atoms. The van der Waals surface area contributed by atoms with E-state index in [0.29, 0.717) is 4.88 Å². The smallest absolute Gasteiger partial charge is 0.324 e. The number of thiophene rings is 1. The number of nitro groups is 2. The molecule has 0 aliphatic rings. The van der Waals surface area contributed by atoms with Crippen LogP contribution in [0, 0.1) is 20.2 Å². The first-order chi connectivity index (χ1) is 9.47. The van der Waals surface area contributed by atoms with Crippen LogP contribution in [-0.2, 0) is 6.54 Å². The zero-order valence-electron chi connectivity index (χ0n) is 9.98. The van der Waals surface area contributed by atoms with Gasteiger partial charge < -0.3 is 10.4 Å². The molecule has 2 N–H and O–H groups in total. The van der Waals surface area contributed by atoms with E-state index in [0.717, 1.165) is 17.4 Å². The van der Waals surface area contributed by atoms with E-state index in [-0.39, 0.29) is 28.7 Å². The van der Waals surface area contributed by atoms with Crippen LogP contribution in [0.25, 0.3) is 0 Å². The number of benzene rings is 1. The van der Waals surface area contributed by atoms with E-state index in [1.54, 1.807) is 6.07 Å². The fourth-order valence-electron chi connectivity index (χ4n) is 1.56. The van der Waals surface area contributed by atoms with Gasteiger partial charge in [-0.2, -0.15) is 0 Å². The van der Waals surface area contributed by atoms with Gasteiger partial charge in [-0.05, 0) is 18.2 Å². The zero-order chi connectivity index (χ0) is 14.7. The van der Waals surface area contributed by atoms with Crippen molar-refractivity contribution in [1.29, 1.82) is 0 Å². The van der Waals surface area contributed by atoms with E-state index in [1.165, 1.54) is 18.2 Å². The molecule has 1 heterocycles. The molecule has 104 valence electrons. The molecule has 2 aromatic rings. The number of phenolic OH excluding ortho intramolecular Hbond substituents is 1. The molecule has 2 rings (SSSR count). The second-order valence-electron chi connectivity index (χ2n) is 3.81. The molecular weight excluding hydrogens is 286 g/mol. The van der Waals surface area contributed by atoms with Gasteiger partial charge in [-0.1, -0.05) is 11.3 Å². The zero-order valence-corrected chi connectivity index (χ0v) is 10.8. The molecule has 0 aliphatic carbocycles. The summed E-state index contributed by atoms with van der Waals surface area (Å²) in [5.74, 6) is -0.200. The van der Waals surface area contributed by atoms with Crippen LogP contribution in [-0.4, -0.2) is 15.0 Å². The molecular formula is C11H9N3O5S. The lowest BCUT2D eigenvalue weighted by atomic mass is 10.2. The highest BCUT2D eigenvalue weighted by atomic mass is 32.1. The van der Waals surface area contributed by atoms with Crippen LogP contribution < -0.4 is 5.32 Å². The third kappa shape index (κ3) is 3.01. The van der Waals surface area contributed by atoms with Crippen LogP contribution in [0.1, 0.15) is 4.88 Å². The van der Waals surface area contributed by atoms with E-state index >= 15 is 0 Å². The predicted octanol–water partition coefficient (Wildman–Crippen LogP) is 2.88. The van der Waals surface area contributed by atoms with Crippen LogP contribution in [0.15, 0.2) is 30.3 Å². The summed E-state index contributed by atoms with van der Waals surface area (Å²) in [4.78, 5) is 21.0. The molecule has 0 unspecified atom stereocenters. The van der Waals surface area contributed by atoms with Gasteiger partial charge in [0, 0.05) is 17.5 Å². The maximum atomic E-state index is 10.8. The number of nitro benzene ring substituents is 1. The third-order valence-electron chi connectivity index (χ3n) is 2.46. The van der Waals surface area contributed by atoms with Crippen molar-refractivity contribution in [2.45, 2.75) is 6.54 Å². The molecule has 0 atom stereocenters. The van der Waals surface area contributed by atoms with E-state index < -0.39 is 9.85 Å². The van der Waals surface area contributed by atoms with Gasteiger partial charge in [-0.15, -0.1) is 0 Å². The summed E-state index contributed by atoms with van der Waals surface area (Å²) in [6.45, 7) is 0.226. The quantitative estimate of drug-likeness (QED) is 0.497. The van der Waals surface area contributed by atoms with Gasteiger partial charge in [0.15, 0.2) is 0 Å². The Morgan fingerprint density at radius 1 is 1.15 bits per heavy atom. The van der Waals surface area contributed by atoms with Crippen LogP contribution in [0.2, 0.25) is 0 Å². The minimum absolute atomic E-state index is 0.0157. The monoisotopic (exact) mass is 295 g/mol. The van der Waals surface area contributed by atoms with Crippen molar-refractivity contribution in [1.82, 2.24) is 0 Å². The largest absolute Gasteiger partial charge is 0.508 e. The second kappa shape index (κ2) is 5.53. The molecule has 1 aromatic heterocycles. The lowest BCUT2D eigenvalue weighted by Gasteiger charge is -2.05. The Morgan fingerprint density at radius 3 is 2.50 bits per heavy atom. The van der Waals surface area contributed by atoms with E-state index in [2.05, 4.69) is 5.32 Å². The fraction of sp³-hybridized carbons (Fsp3) is 0.0909. The van der Waals surface area contributed by atoms with Crippen LogP contribution >= 0.6 is 11.3 Å². The predicted molar refractivity (Wildman–Crippen MR) is 73.1 cm³/mol. The number of hydrogen-bond donors (Lipinski definition) is 2. The Morgan fingerprint density at radius 2 is 1.90 bits per heavy atom. The Balaban J connectivity index is 2.14. The van der Waals surface area contributed by atoms with E-state index in [9.17, 15) is 25.3 Å². The van der Waals surface area contributed by atoms with Gasteiger partial charge in [0.2, 0.25) is 0 Å². The number of aromatic hydroxyl groups is 1. The van der Waals surface area contributed by atoms with Crippen LogP contribution in [0.5, 0.6) is 5.75 Å². The summed E-state index contributed by atoms with van der Waals surface area (Å²) in [5, 5.41) is 33.5. The number of nitrogens with one attached hydrogen (secondary N) is 1. The molecule has 0 fully saturated rings. The van der Waals surface area contributed by atoms with Gasteiger partial charge in [-0.3, -0.25) is 20.2 Å². The molecule has 0 aliphatic heterocycles. The molecule has 0 spiro atoms. The Bertz CT molecular complexity index is 670. The molecule has 1 aromatic carbocycles. The maximum absolute atomic E-state index is 10.8. The number of anilines is 1. The highest BCUT2D eigenvalue weighted by Crippen LogP contribution is 2.30. The summed E-state index contributed by atoms with van der Waals surface area (Å²) < 4.78 is 0. The average molecular weight is 295 g/mol. The van der Waals surface area contributed by atoms with Gasteiger partial charge in [0.1, 0.15) is 11.4 Å². The fourth-order valence-corrected chi connectivity index (χ4v) is 2.32. The van der Waals surface area contributed by atoms with Crippen molar-refractivity contribution in [3.05, 3.63) is 55.4 Å². The first-order valence-corrected chi connectivity index (χ1v) is 6.23. The molecule has 8 nitrogen and oxygen atoms in total. The summed E-state index contributed by atoms with van der Waals surface area (Å²) in [7, 11) is 0. The number of rotatable bonds is 5. The van der Waals surface area contributed by atoms with Gasteiger partial charge >= 0.3 is 5.00 Å². The number of phenols is 1. The highest BCUT2D eigenvalue weighted by molar-refractivity contribution is 7.15. The summed E-state index contributed by atoms with van der Waals surface area (Å²) in [5.41, 5.74) is -0.0140. The van der Waals surface area contributed by atoms with E-state index in [4.69, 9.17) is 0 Å². The topological polar surface area (TPSA) is 119 Å². The average Bonchev–Trinajstić information content (AvgIpc) is 2.86. The van der Waals surface area contributed by atoms with Crippen molar-refractivity contribution in [3.63, 3.8) is 0 Å². The molecule has 0 bridgehead atoms.